The SMILES string of the molecule is CCNC(=NCC1CCOCC1)N1CCSC(C(C)C)C1.I. The fraction of sp³-hybridized carbons (Fsp3) is 0.938. The first kappa shape index (κ1) is 20.4. The maximum absolute atomic E-state index is 5.43. The maximum Gasteiger partial charge on any atom is 0.193 e. The van der Waals surface area contributed by atoms with Crippen molar-refractivity contribution in [2.75, 3.05) is 45.1 Å². The van der Waals surface area contributed by atoms with Gasteiger partial charge in [0.05, 0.1) is 0 Å². The number of nitrogens with one attached hydrogen (secondary N) is 1. The number of ether oxygens (including phenoxy) is 1. The van der Waals surface area contributed by atoms with Gasteiger partial charge in [-0.15, -0.1) is 24.0 Å². The summed E-state index contributed by atoms with van der Waals surface area (Å²) >= 11 is 2.12. The van der Waals surface area contributed by atoms with E-state index in [0.29, 0.717) is 5.92 Å². The number of hydrogen-bond acceptors (Lipinski definition) is 3. The number of hydrogen-bond donors (Lipinski definition) is 1. The Hall–Kier alpha value is 0.310. The van der Waals surface area contributed by atoms with Crippen LogP contribution in [0.5, 0.6) is 0 Å². The summed E-state index contributed by atoms with van der Waals surface area (Å²) in [7, 11) is 0. The van der Waals surface area contributed by atoms with E-state index in [0.717, 1.165) is 69.4 Å². The van der Waals surface area contributed by atoms with Crippen molar-refractivity contribution in [3.63, 3.8) is 0 Å². The van der Waals surface area contributed by atoms with E-state index in [1.165, 1.54) is 5.75 Å². The number of halogens is 1. The minimum atomic E-state index is 0. The predicted molar refractivity (Wildman–Crippen MR) is 108 cm³/mol. The summed E-state index contributed by atoms with van der Waals surface area (Å²) < 4.78 is 5.43. The smallest absolute Gasteiger partial charge is 0.193 e. The Bertz CT molecular complexity index is 335. The minimum absolute atomic E-state index is 0. The van der Waals surface area contributed by atoms with Gasteiger partial charge in [-0.1, -0.05) is 13.8 Å². The molecule has 0 amide bonds. The van der Waals surface area contributed by atoms with E-state index in [-0.39, 0.29) is 24.0 Å². The molecule has 1 unspecified atom stereocenters. The fourth-order valence-electron chi connectivity index (χ4n) is 2.84. The molecule has 2 aliphatic heterocycles. The Kier molecular flexibility index (Phi) is 10.1. The van der Waals surface area contributed by atoms with Crippen LogP contribution < -0.4 is 5.32 Å². The van der Waals surface area contributed by atoms with Crippen LogP contribution in [-0.4, -0.2) is 61.3 Å². The average molecular weight is 441 g/mol. The Morgan fingerprint density at radius 3 is 2.73 bits per heavy atom. The Balaban J connectivity index is 0.00000242. The lowest BCUT2D eigenvalue weighted by Gasteiger charge is -2.36. The van der Waals surface area contributed by atoms with Crippen molar-refractivity contribution >= 4 is 41.7 Å². The van der Waals surface area contributed by atoms with Gasteiger partial charge >= 0.3 is 0 Å². The molecule has 4 nitrogen and oxygen atoms in total. The number of rotatable bonds is 4. The highest BCUT2D eigenvalue weighted by atomic mass is 127. The van der Waals surface area contributed by atoms with E-state index in [4.69, 9.17) is 9.73 Å². The molecule has 6 heteroatoms. The molecule has 0 aliphatic carbocycles. The molecule has 0 saturated carbocycles. The molecular weight excluding hydrogens is 409 g/mol. The molecular formula is C16H32IN3OS. The molecule has 2 rings (SSSR count). The standard InChI is InChI=1S/C16H31N3OS.HI/c1-4-17-16(18-11-14-5-8-20-9-6-14)19-7-10-21-15(12-19)13(2)3;/h13-15H,4-12H2,1-3H3,(H,17,18);1H. The van der Waals surface area contributed by atoms with Crippen LogP contribution in [-0.2, 0) is 4.74 Å². The zero-order chi connectivity index (χ0) is 15.1. The molecule has 130 valence electrons. The molecule has 22 heavy (non-hydrogen) atoms. The second-order valence-corrected chi connectivity index (χ2v) is 7.70. The van der Waals surface area contributed by atoms with Gasteiger partial charge in [-0.3, -0.25) is 4.99 Å². The van der Waals surface area contributed by atoms with Crippen molar-refractivity contribution in [3.05, 3.63) is 0 Å². The number of guanidine groups is 1. The van der Waals surface area contributed by atoms with Gasteiger partial charge in [-0.25, -0.2) is 0 Å². The summed E-state index contributed by atoms with van der Waals surface area (Å²) in [5, 5.41) is 4.21. The summed E-state index contributed by atoms with van der Waals surface area (Å²) in [6.45, 7) is 12.8. The van der Waals surface area contributed by atoms with Gasteiger partial charge in [-0.2, -0.15) is 11.8 Å². The van der Waals surface area contributed by atoms with Gasteiger partial charge in [0.15, 0.2) is 5.96 Å². The van der Waals surface area contributed by atoms with Crippen molar-refractivity contribution in [1.82, 2.24) is 10.2 Å². The zero-order valence-corrected chi connectivity index (χ0v) is 17.4. The second kappa shape index (κ2) is 11.0. The van der Waals surface area contributed by atoms with Gasteiger partial charge in [0.25, 0.3) is 0 Å². The van der Waals surface area contributed by atoms with E-state index in [2.05, 4.69) is 42.7 Å². The Morgan fingerprint density at radius 1 is 1.36 bits per heavy atom. The lowest BCUT2D eigenvalue weighted by Crippen LogP contribution is -2.49. The lowest BCUT2D eigenvalue weighted by molar-refractivity contribution is 0.0688. The first-order chi connectivity index (χ1) is 10.2. The molecule has 0 bridgehead atoms. The fourth-order valence-corrected chi connectivity index (χ4v) is 4.14. The second-order valence-electron chi connectivity index (χ2n) is 6.35. The third-order valence-corrected chi connectivity index (χ3v) is 5.85. The third kappa shape index (κ3) is 6.43. The highest BCUT2D eigenvalue weighted by Crippen LogP contribution is 2.25. The number of nitrogens with zero attached hydrogens (tertiary/aromatic N) is 2. The van der Waals surface area contributed by atoms with E-state index < -0.39 is 0 Å². The molecule has 2 fully saturated rings. The Labute approximate surface area is 157 Å². The van der Waals surface area contributed by atoms with Crippen LogP contribution in [0.15, 0.2) is 4.99 Å². The zero-order valence-electron chi connectivity index (χ0n) is 14.2. The van der Waals surface area contributed by atoms with Crippen molar-refractivity contribution < 1.29 is 4.74 Å². The molecule has 0 spiro atoms. The van der Waals surface area contributed by atoms with Gasteiger partial charge in [0.2, 0.25) is 0 Å². The van der Waals surface area contributed by atoms with Crippen LogP contribution in [0.1, 0.15) is 33.6 Å². The normalized spacial score (nSPS) is 24.3. The van der Waals surface area contributed by atoms with Crippen LogP contribution in [0.25, 0.3) is 0 Å². The van der Waals surface area contributed by atoms with Crippen LogP contribution >= 0.6 is 35.7 Å². The number of aliphatic imine (C=N–C) groups is 1. The first-order valence-corrected chi connectivity index (χ1v) is 9.48. The molecule has 2 aliphatic rings. The van der Waals surface area contributed by atoms with Gasteiger partial charge in [0, 0.05) is 50.4 Å². The minimum Gasteiger partial charge on any atom is -0.381 e. The van der Waals surface area contributed by atoms with Gasteiger partial charge in [0.1, 0.15) is 0 Å². The maximum atomic E-state index is 5.43. The molecule has 0 radical (unpaired) electrons. The molecule has 0 aromatic rings. The summed E-state index contributed by atoms with van der Waals surface area (Å²) in [6.07, 6.45) is 2.32. The highest BCUT2D eigenvalue weighted by Gasteiger charge is 2.25. The predicted octanol–water partition coefficient (Wildman–Crippen LogP) is 3.07. The summed E-state index contributed by atoms with van der Waals surface area (Å²) in [5.41, 5.74) is 0. The van der Waals surface area contributed by atoms with Crippen LogP contribution in [0.3, 0.4) is 0 Å². The molecule has 1 N–H and O–H groups in total. The monoisotopic (exact) mass is 441 g/mol. The molecule has 0 aromatic carbocycles. The molecule has 2 heterocycles. The lowest BCUT2D eigenvalue weighted by atomic mass is 10.0. The van der Waals surface area contributed by atoms with E-state index in [1.807, 2.05) is 0 Å². The van der Waals surface area contributed by atoms with Crippen molar-refractivity contribution in [2.45, 2.75) is 38.9 Å². The molecule has 2 saturated heterocycles. The largest absolute Gasteiger partial charge is 0.381 e. The third-order valence-electron chi connectivity index (χ3n) is 4.31. The van der Waals surface area contributed by atoms with Crippen LogP contribution in [0.2, 0.25) is 0 Å². The topological polar surface area (TPSA) is 36.9 Å². The number of thioether (sulfide) groups is 1. The van der Waals surface area contributed by atoms with Gasteiger partial charge in [-0.05, 0) is 31.6 Å². The summed E-state index contributed by atoms with van der Waals surface area (Å²) in [5.74, 6) is 3.77. The van der Waals surface area contributed by atoms with Crippen LogP contribution in [0.4, 0.5) is 0 Å². The Morgan fingerprint density at radius 2 is 2.09 bits per heavy atom. The average Bonchev–Trinajstić information content (AvgIpc) is 2.52. The highest BCUT2D eigenvalue weighted by molar-refractivity contribution is 14.0. The van der Waals surface area contributed by atoms with E-state index in [1.54, 1.807) is 0 Å². The molecule has 0 aromatic heterocycles. The van der Waals surface area contributed by atoms with Crippen molar-refractivity contribution in [3.8, 4) is 0 Å². The van der Waals surface area contributed by atoms with E-state index in [9.17, 15) is 0 Å². The van der Waals surface area contributed by atoms with Crippen molar-refractivity contribution in [2.24, 2.45) is 16.8 Å². The summed E-state index contributed by atoms with van der Waals surface area (Å²) in [6, 6.07) is 0. The quantitative estimate of drug-likeness (QED) is 0.414. The summed E-state index contributed by atoms with van der Waals surface area (Å²) in [4.78, 5) is 7.38. The first-order valence-electron chi connectivity index (χ1n) is 8.43. The van der Waals surface area contributed by atoms with Crippen LogP contribution in [0, 0.1) is 11.8 Å². The van der Waals surface area contributed by atoms with E-state index >= 15 is 0 Å². The van der Waals surface area contributed by atoms with Gasteiger partial charge < -0.3 is 15.0 Å². The van der Waals surface area contributed by atoms with Crippen molar-refractivity contribution in [1.29, 1.82) is 0 Å². The molecule has 1 atom stereocenters.